The van der Waals surface area contributed by atoms with Crippen LogP contribution >= 0.6 is 0 Å². The maximum atomic E-state index is 14.1. The number of nitrogens with zero attached hydrogens (tertiary/aromatic N) is 1. The minimum absolute atomic E-state index is 0.0174. The van der Waals surface area contributed by atoms with E-state index in [0.29, 0.717) is 23.3 Å². The van der Waals surface area contributed by atoms with Crippen molar-refractivity contribution in [2.24, 2.45) is 11.8 Å². The number of carbonyl (C=O) groups is 2. The molecule has 0 unspecified atom stereocenters. The number of nitrogens with one attached hydrogen (secondary N) is 1. The van der Waals surface area contributed by atoms with E-state index in [4.69, 9.17) is 4.74 Å². The van der Waals surface area contributed by atoms with E-state index < -0.39 is 11.7 Å². The summed E-state index contributed by atoms with van der Waals surface area (Å²) in [5.74, 6) is 0.258. The van der Waals surface area contributed by atoms with E-state index in [2.05, 4.69) is 19.2 Å². The molecule has 31 heavy (non-hydrogen) atoms. The van der Waals surface area contributed by atoms with Crippen molar-refractivity contribution in [1.29, 1.82) is 0 Å². The zero-order chi connectivity index (χ0) is 22.0. The van der Waals surface area contributed by atoms with Crippen molar-refractivity contribution < 1.29 is 18.7 Å². The quantitative estimate of drug-likeness (QED) is 0.737. The number of benzene rings is 2. The van der Waals surface area contributed by atoms with Crippen molar-refractivity contribution >= 4 is 23.6 Å². The molecular formula is C25H27FN2O3. The minimum atomic E-state index is -0.470. The standard InChI is InChI=1S/C25H27FN2O3/c1-16-8-7-11-20(17(16)2)27-24(29)15-28-21-12-5-6-13-22(21)31-23(25(28)30)14-18-9-3-4-10-19(18)26/h3-6,9-10,12-14,16-17,20H,7-8,11,15H2,1-2H3,(H,27,29)/b23-14-/t16-,17-,20+/m1/s1. The largest absolute Gasteiger partial charge is 0.449 e. The molecule has 5 nitrogen and oxygen atoms in total. The molecule has 1 N–H and O–H groups in total. The maximum absolute atomic E-state index is 14.1. The first-order chi connectivity index (χ1) is 14.9. The molecule has 0 saturated heterocycles. The lowest BCUT2D eigenvalue weighted by molar-refractivity contribution is -0.124. The van der Waals surface area contributed by atoms with Crippen molar-refractivity contribution in [3.8, 4) is 5.75 Å². The van der Waals surface area contributed by atoms with Crippen molar-refractivity contribution in [3.05, 3.63) is 65.7 Å². The number of amides is 2. The average Bonchev–Trinajstić information content (AvgIpc) is 2.76. The third-order valence-corrected chi connectivity index (χ3v) is 6.38. The van der Waals surface area contributed by atoms with Crippen LogP contribution in [0.5, 0.6) is 5.75 Å². The van der Waals surface area contributed by atoms with E-state index in [-0.39, 0.29) is 29.8 Å². The van der Waals surface area contributed by atoms with Crippen LogP contribution in [0.4, 0.5) is 10.1 Å². The third kappa shape index (κ3) is 4.48. The van der Waals surface area contributed by atoms with Gasteiger partial charge in [-0.3, -0.25) is 14.5 Å². The number of halogens is 1. The monoisotopic (exact) mass is 422 g/mol. The van der Waals surface area contributed by atoms with Crippen LogP contribution in [0.3, 0.4) is 0 Å². The van der Waals surface area contributed by atoms with Gasteiger partial charge in [-0.15, -0.1) is 0 Å². The Morgan fingerprint density at radius 2 is 1.90 bits per heavy atom. The number of hydrogen-bond acceptors (Lipinski definition) is 3. The lowest BCUT2D eigenvalue weighted by Crippen LogP contribution is -2.49. The number of hydrogen-bond donors (Lipinski definition) is 1. The van der Waals surface area contributed by atoms with Crippen molar-refractivity contribution in [1.82, 2.24) is 5.32 Å². The molecule has 0 bridgehead atoms. The molecule has 0 radical (unpaired) electrons. The molecule has 162 valence electrons. The predicted molar refractivity (Wildman–Crippen MR) is 118 cm³/mol. The number of ether oxygens (including phenoxy) is 1. The molecule has 0 aromatic heterocycles. The highest BCUT2D eigenvalue weighted by molar-refractivity contribution is 6.12. The summed E-state index contributed by atoms with van der Waals surface area (Å²) in [4.78, 5) is 27.5. The Morgan fingerprint density at radius 3 is 2.71 bits per heavy atom. The molecule has 2 amide bonds. The van der Waals surface area contributed by atoms with E-state index in [1.807, 2.05) is 0 Å². The second-order valence-corrected chi connectivity index (χ2v) is 8.43. The van der Waals surface area contributed by atoms with Crippen LogP contribution < -0.4 is 15.0 Å². The summed E-state index contributed by atoms with van der Waals surface area (Å²) in [6.45, 7) is 4.26. The van der Waals surface area contributed by atoms with Crippen LogP contribution in [0.15, 0.2) is 54.3 Å². The van der Waals surface area contributed by atoms with Gasteiger partial charge in [0.1, 0.15) is 12.4 Å². The molecule has 4 rings (SSSR count). The van der Waals surface area contributed by atoms with E-state index in [1.54, 1.807) is 42.5 Å². The van der Waals surface area contributed by atoms with Crippen molar-refractivity contribution in [2.45, 2.75) is 39.2 Å². The van der Waals surface area contributed by atoms with Gasteiger partial charge in [0, 0.05) is 11.6 Å². The summed E-state index contributed by atoms with van der Waals surface area (Å²) in [6.07, 6.45) is 4.59. The summed E-state index contributed by atoms with van der Waals surface area (Å²) < 4.78 is 19.9. The Balaban J connectivity index is 1.58. The topological polar surface area (TPSA) is 58.6 Å². The minimum Gasteiger partial charge on any atom is -0.449 e. The zero-order valence-corrected chi connectivity index (χ0v) is 17.8. The number of anilines is 1. The van der Waals surface area contributed by atoms with Crippen LogP contribution in [0.25, 0.3) is 6.08 Å². The Hall–Kier alpha value is -3.15. The second-order valence-electron chi connectivity index (χ2n) is 8.43. The first-order valence-corrected chi connectivity index (χ1v) is 10.8. The van der Waals surface area contributed by atoms with Gasteiger partial charge in [-0.25, -0.2) is 4.39 Å². The highest BCUT2D eigenvalue weighted by Crippen LogP contribution is 2.36. The van der Waals surface area contributed by atoms with Gasteiger partial charge < -0.3 is 10.1 Å². The highest BCUT2D eigenvalue weighted by atomic mass is 19.1. The fourth-order valence-corrected chi connectivity index (χ4v) is 4.33. The Kier molecular flexibility index (Phi) is 6.07. The van der Waals surface area contributed by atoms with Gasteiger partial charge in [-0.05, 0) is 42.5 Å². The molecule has 6 heteroatoms. The van der Waals surface area contributed by atoms with E-state index in [0.717, 1.165) is 12.8 Å². The lowest BCUT2D eigenvalue weighted by atomic mass is 9.78. The molecule has 1 heterocycles. The fraction of sp³-hybridized carbons (Fsp3) is 0.360. The molecular weight excluding hydrogens is 395 g/mol. The van der Waals surface area contributed by atoms with Crippen LogP contribution in [-0.4, -0.2) is 24.4 Å². The second kappa shape index (κ2) is 8.92. The van der Waals surface area contributed by atoms with Gasteiger partial charge in [-0.2, -0.15) is 0 Å². The Morgan fingerprint density at radius 1 is 1.16 bits per heavy atom. The van der Waals surface area contributed by atoms with Crippen LogP contribution in [0.1, 0.15) is 38.7 Å². The summed E-state index contributed by atoms with van der Waals surface area (Å²) >= 11 is 0. The number of rotatable bonds is 4. The molecule has 1 fully saturated rings. The number of fused-ring (bicyclic) bond motifs is 1. The van der Waals surface area contributed by atoms with Crippen LogP contribution in [-0.2, 0) is 9.59 Å². The van der Waals surface area contributed by atoms with Gasteiger partial charge in [-0.1, -0.05) is 57.0 Å². The molecule has 1 aliphatic carbocycles. The van der Waals surface area contributed by atoms with Gasteiger partial charge >= 0.3 is 0 Å². The van der Waals surface area contributed by atoms with E-state index in [9.17, 15) is 14.0 Å². The first kappa shape index (κ1) is 21.1. The maximum Gasteiger partial charge on any atom is 0.294 e. The molecule has 2 aromatic rings. The molecule has 3 atom stereocenters. The predicted octanol–water partition coefficient (Wildman–Crippen LogP) is 4.53. The summed E-state index contributed by atoms with van der Waals surface area (Å²) in [5.41, 5.74) is 0.776. The summed E-state index contributed by atoms with van der Waals surface area (Å²) in [6, 6.07) is 13.3. The molecule has 0 spiro atoms. The average molecular weight is 423 g/mol. The summed E-state index contributed by atoms with van der Waals surface area (Å²) in [5, 5.41) is 3.12. The fourth-order valence-electron chi connectivity index (χ4n) is 4.33. The van der Waals surface area contributed by atoms with Gasteiger partial charge in [0.05, 0.1) is 5.69 Å². The highest BCUT2D eigenvalue weighted by Gasteiger charge is 2.33. The van der Waals surface area contributed by atoms with Gasteiger partial charge in [0.2, 0.25) is 5.91 Å². The molecule has 2 aromatic carbocycles. The van der Waals surface area contributed by atoms with E-state index >= 15 is 0 Å². The van der Waals surface area contributed by atoms with Gasteiger partial charge in [0.15, 0.2) is 11.5 Å². The third-order valence-electron chi connectivity index (χ3n) is 6.38. The smallest absolute Gasteiger partial charge is 0.294 e. The van der Waals surface area contributed by atoms with E-state index in [1.165, 1.54) is 23.5 Å². The van der Waals surface area contributed by atoms with Crippen molar-refractivity contribution in [2.75, 3.05) is 11.4 Å². The Labute approximate surface area is 181 Å². The zero-order valence-electron chi connectivity index (χ0n) is 17.8. The normalized spacial score (nSPS) is 24.5. The number of para-hydroxylation sites is 2. The summed E-state index contributed by atoms with van der Waals surface area (Å²) in [7, 11) is 0. The molecule has 1 saturated carbocycles. The van der Waals surface area contributed by atoms with Crippen LogP contribution in [0, 0.1) is 17.7 Å². The Bertz CT molecular complexity index is 1020. The van der Waals surface area contributed by atoms with Gasteiger partial charge in [0.25, 0.3) is 5.91 Å². The van der Waals surface area contributed by atoms with Crippen molar-refractivity contribution in [3.63, 3.8) is 0 Å². The number of carbonyl (C=O) groups excluding carboxylic acids is 2. The molecule has 2 aliphatic rings. The first-order valence-electron chi connectivity index (χ1n) is 10.8. The SMILES string of the molecule is C[C@@H]1[C@H](C)CCC[C@@H]1NC(=O)CN1C(=O)/C(=C/c2ccccc2F)Oc2ccccc21. The van der Waals surface area contributed by atoms with Crippen LogP contribution in [0.2, 0.25) is 0 Å². The lowest BCUT2D eigenvalue weighted by Gasteiger charge is -2.35. The molecule has 1 aliphatic heterocycles.